The van der Waals surface area contributed by atoms with Crippen LogP contribution in [-0.4, -0.2) is 9.97 Å². The van der Waals surface area contributed by atoms with Crippen LogP contribution < -0.4 is 4.90 Å². The fraction of sp³-hybridized carbons (Fsp3) is 0. The molecule has 3 nitrogen and oxygen atoms in total. The molecule has 3 heteroatoms. The Hall–Kier alpha value is -9.44. The average molecular weight is 906 g/mol. The summed E-state index contributed by atoms with van der Waals surface area (Å²) in [5.74, 6) is 0.703. The van der Waals surface area contributed by atoms with Gasteiger partial charge in [-0.15, -0.1) is 0 Å². The molecule has 0 unspecified atom stereocenters. The summed E-state index contributed by atoms with van der Waals surface area (Å²) < 4.78 is 0. The van der Waals surface area contributed by atoms with Crippen LogP contribution in [0.2, 0.25) is 0 Å². The molecule has 11 aromatic carbocycles. The van der Waals surface area contributed by atoms with Crippen molar-refractivity contribution in [2.24, 2.45) is 0 Å². The summed E-state index contributed by atoms with van der Waals surface area (Å²) >= 11 is 0. The van der Waals surface area contributed by atoms with Gasteiger partial charge in [0.2, 0.25) is 0 Å². The zero-order valence-corrected chi connectivity index (χ0v) is 39.0. The van der Waals surface area contributed by atoms with E-state index in [2.05, 4.69) is 272 Å². The third kappa shape index (κ3) is 9.04. The second-order valence-electron chi connectivity index (χ2n) is 17.8. The predicted octanol–water partition coefficient (Wildman–Crippen LogP) is 18.4. The van der Waals surface area contributed by atoms with Gasteiger partial charge in [-0.1, -0.05) is 243 Å². The summed E-state index contributed by atoms with van der Waals surface area (Å²) in [7, 11) is 0. The molecule has 12 aromatic rings. The van der Waals surface area contributed by atoms with Crippen molar-refractivity contribution < 1.29 is 0 Å². The van der Waals surface area contributed by atoms with Crippen molar-refractivity contribution in [3.63, 3.8) is 0 Å². The molecule has 1 heterocycles. The molecule has 71 heavy (non-hydrogen) atoms. The first-order chi connectivity index (χ1) is 35.2. The van der Waals surface area contributed by atoms with E-state index in [1.54, 1.807) is 0 Å². The Labute approximate surface area is 415 Å². The summed E-state index contributed by atoms with van der Waals surface area (Å²) in [5.41, 5.74) is 19.9. The van der Waals surface area contributed by atoms with Crippen LogP contribution in [0.15, 0.2) is 285 Å². The van der Waals surface area contributed by atoms with Crippen molar-refractivity contribution in [1.29, 1.82) is 0 Å². The number of nitrogens with zero attached hydrogens (tertiary/aromatic N) is 3. The zero-order valence-electron chi connectivity index (χ0n) is 39.0. The van der Waals surface area contributed by atoms with Gasteiger partial charge in [0.25, 0.3) is 0 Å². The van der Waals surface area contributed by atoms with Gasteiger partial charge < -0.3 is 4.90 Å². The Balaban J connectivity index is 0.852. The highest BCUT2D eigenvalue weighted by Gasteiger charge is 2.16. The lowest BCUT2D eigenvalue weighted by atomic mass is 9.99. The van der Waals surface area contributed by atoms with E-state index < -0.39 is 0 Å². The highest BCUT2D eigenvalue weighted by molar-refractivity contribution is 5.96. The quantitative estimate of drug-likeness (QED) is 0.129. The summed E-state index contributed by atoms with van der Waals surface area (Å²) in [5, 5.41) is 2.35. The Morgan fingerprint density at radius 1 is 0.225 bits per heavy atom. The highest BCUT2D eigenvalue weighted by Crippen LogP contribution is 2.39. The second kappa shape index (κ2) is 19.3. The first-order valence-electron chi connectivity index (χ1n) is 24.1. The summed E-state index contributed by atoms with van der Waals surface area (Å²) in [6.07, 6.45) is 0. The lowest BCUT2D eigenvalue weighted by Crippen LogP contribution is -2.09. The molecule has 0 saturated carbocycles. The first-order valence-corrected chi connectivity index (χ1v) is 24.1. The summed E-state index contributed by atoms with van der Waals surface area (Å²) in [4.78, 5) is 12.6. The lowest BCUT2D eigenvalue weighted by molar-refractivity contribution is 1.18. The first kappa shape index (κ1) is 42.9. The Kier molecular flexibility index (Phi) is 11.6. The minimum atomic E-state index is 0.703. The minimum Gasteiger partial charge on any atom is -0.311 e. The van der Waals surface area contributed by atoms with E-state index >= 15 is 0 Å². The molecular weight excluding hydrogens is 859 g/mol. The fourth-order valence-electron chi connectivity index (χ4n) is 9.56. The summed E-state index contributed by atoms with van der Waals surface area (Å²) in [6, 6.07) is 101. The molecule has 0 aliphatic rings. The average Bonchev–Trinajstić information content (AvgIpc) is 3.46. The fourth-order valence-corrected chi connectivity index (χ4v) is 9.56. The normalized spacial score (nSPS) is 11.1. The molecule has 1 aromatic heterocycles. The van der Waals surface area contributed by atoms with Crippen molar-refractivity contribution in [3.05, 3.63) is 285 Å². The smallest absolute Gasteiger partial charge is 0.160 e. The summed E-state index contributed by atoms with van der Waals surface area (Å²) in [6.45, 7) is 0. The van der Waals surface area contributed by atoms with Crippen molar-refractivity contribution in [3.8, 4) is 89.5 Å². The molecule has 0 radical (unpaired) electrons. The van der Waals surface area contributed by atoms with E-state index in [0.717, 1.165) is 56.3 Å². The van der Waals surface area contributed by atoms with E-state index in [9.17, 15) is 0 Å². The van der Waals surface area contributed by atoms with Gasteiger partial charge in [-0.05, 0) is 109 Å². The van der Waals surface area contributed by atoms with Crippen molar-refractivity contribution in [2.45, 2.75) is 0 Å². The van der Waals surface area contributed by atoms with Crippen LogP contribution >= 0.6 is 0 Å². The SMILES string of the molecule is c1ccc(-c2ccc(-c3ccc(N(c4ccc(-c5ccc(-c6ccccc6)cc5)cc4)c4ccc(-c5ccc(-c6cc(-c7cccc8ccccc78)nc(-c7ccccc7)n6)cc5)cc4)cc3)cc2)cc1. The maximum Gasteiger partial charge on any atom is 0.160 e. The Morgan fingerprint density at radius 3 is 0.958 bits per heavy atom. The molecule has 0 aliphatic carbocycles. The van der Waals surface area contributed by atoms with E-state index in [4.69, 9.17) is 9.97 Å². The standard InChI is InChI=1S/C68H47N3/c1-4-13-48(14-5-1)50-23-27-52(28-24-50)55-35-41-61(42-36-55)71(62-43-37-56(38-44-62)53-29-25-51(26-30-53)49-15-6-2-7-16-49)63-45-39-57(40-46-63)54-31-33-59(34-32-54)66-47-67(70-68(69-66)60-18-8-3-9-19-60)65-22-12-20-58-17-10-11-21-64(58)65/h1-47H. The maximum atomic E-state index is 5.13. The van der Waals surface area contributed by atoms with Crippen LogP contribution in [-0.2, 0) is 0 Å². The van der Waals surface area contributed by atoms with Gasteiger partial charge in [-0.3, -0.25) is 0 Å². The number of hydrogen-bond acceptors (Lipinski definition) is 3. The molecule has 0 spiro atoms. The van der Waals surface area contributed by atoms with Crippen molar-refractivity contribution >= 4 is 27.8 Å². The molecule has 334 valence electrons. The molecule has 0 saturated heterocycles. The molecular formula is C68H47N3. The number of hydrogen-bond donors (Lipinski definition) is 0. The van der Waals surface area contributed by atoms with Crippen LogP contribution in [0.5, 0.6) is 0 Å². The topological polar surface area (TPSA) is 29.0 Å². The van der Waals surface area contributed by atoms with Gasteiger partial charge in [0, 0.05) is 33.8 Å². The van der Waals surface area contributed by atoms with Gasteiger partial charge in [0.05, 0.1) is 11.4 Å². The third-order valence-corrected chi connectivity index (χ3v) is 13.4. The molecule has 0 N–H and O–H groups in total. The van der Waals surface area contributed by atoms with Gasteiger partial charge in [0.15, 0.2) is 5.82 Å². The minimum absolute atomic E-state index is 0.703. The largest absolute Gasteiger partial charge is 0.311 e. The van der Waals surface area contributed by atoms with Crippen LogP contribution in [0.4, 0.5) is 17.1 Å². The number of anilines is 3. The van der Waals surface area contributed by atoms with E-state index in [1.165, 1.54) is 55.3 Å². The Bertz CT molecular complexity index is 3590. The number of benzene rings is 11. The van der Waals surface area contributed by atoms with Crippen molar-refractivity contribution in [1.82, 2.24) is 9.97 Å². The van der Waals surface area contributed by atoms with Gasteiger partial charge in [-0.2, -0.15) is 0 Å². The van der Waals surface area contributed by atoms with Crippen LogP contribution in [0.1, 0.15) is 0 Å². The number of fused-ring (bicyclic) bond motifs is 1. The molecule has 0 aliphatic heterocycles. The number of rotatable bonds is 11. The van der Waals surface area contributed by atoms with Gasteiger partial charge in [-0.25, -0.2) is 9.97 Å². The molecule has 0 atom stereocenters. The van der Waals surface area contributed by atoms with Crippen molar-refractivity contribution in [2.75, 3.05) is 4.90 Å². The number of aromatic nitrogens is 2. The van der Waals surface area contributed by atoms with Crippen LogP contribution in [0.3, 0.4) is 0 Å². The van der Waals surface area contributed by atoms with E-state index in [-0.39, 0.29) is 0 Å². The third-order valence-electron chi connectivity index (χ3n) is 13.4. The molecule has 12 rings (SSSR count). The second-order valence-corrected chi connectivity index (χ2v) is 17.8. The molecule has 0 fully saturated rings. The van der Waals surface area contributed by atoms with Crippen LogP contribution in [0, 0.1) is 0 Å². The zero-order chi connectivity index (χ0) is 47.3. The highest BCUT2D eigenvalue weighted by atomic mass is 15.1. The van der Waals surface area contributed by atoms with E-state index in [1.807, 2.05) is 18.2 Å². The monoisotopic (exact) mass is 905 g/mol. The predicted molar refractivity (Wildman–Crippen MR) is 298 cm³/mol. The Morgan fingerprint density at radius 2 is 0.535 bits per heavy atom. The van der Waals surface area contributed by atoms with Gasteiger partial charge in [0.1, 0.15) is 0 Å². The van der Waals surface area contributed by atoms with E-state index in [0.29, 0.717) is 5.82 Å². The lowest BCUT2D eigenvalue weighted by Gasteiger charge is -2.26. The van der Waals surface area contributed by atoms with Gasteiger partial charge >= 0.3 is 0 Å². The molecule has 0 bridgehead atoms. The molecule has 0 amide bonds. The maximum absolute atomic E-state index is 5.13. The van der Waals surface area contributed by atoms with Crippen LogP contribution in [0.25, 0.3) is 100 Å².